The van der Waals surface area contributed by atoms with Crippen molar-refractivity contribution in [3.8, 4) is 0 Å². The number of benzene rings is 1. The average molecular weight is 373 g/mol. The predicted molar refractivity (Wildman–Crippen MR) is 102 cm³/mol. The van der Waals surface area contributed by atoms with E-state index in [1.54, 1.807) is 0 Å². The largest absolute Gasteiger partial charge is 0.337 e. The molecule has 4 rings (SSSR count). The predicted octanol–water partition coefficient (Wildman–Crippen LogP) is 3.53. The lowest BCUT2D eigenvalue weighted by atomic mass is 9.85. The number of hydrogen-bond acceptors (Lipinski definition) is 3. The highest BCUT2D eigenvalue weighted by atomic mass is 35.5. The van der Waals surface area contributed by atoms with Gasteiger partial charge in [-0.2, -0.15) is 5.10 Å². The van der Waals surface area contributed by atoms with Crippen LogP contribution in [0.5, 0.6) is 0 Å². The summed E-state index contributed by atoms with van der Waals surface area (Å²) in [7, 11) is 0. The molecule has 1 atom stereocenters. The number of likely N-dealkylation sites (tertiary alicyclic amines) is 2. The van der Waals surface area contributed by atoms with Crippen molar-refractivity contribution in [2.45, 2.75) is 51.2 Å². The molecule has 1 unspecified atom stereocenters. The quantitative estimate of drug-likeness (QED) is 0.893. The van der Waals surface area contributed by atoms with Crippen LogP contribution in [0.3, 0.4) is 0 Å². The number of carbonyl (C=O) groups is 1. The van der Waals surface area contributed by atoms with Gasteiger partial charge in [0.2, 0.25) is 5.91 Å². The van der Waals surface area contributed by atoms with Gasteiger partial charge in [-0.05, 0) is 44.7 Å². The van der Waals surface area contributed by atoms with Gasteiger partial charge in [0.15, 0.2) is 0 Å². The van der Waals surface area contributed by atoms with Crippen molar-refractivity contribution in [1.82, 2.24) is 20.0 Å². The molecule has 5 nitrogen and oxygen atoms in total. The first kappa shape index (κ1) is 17.6. The Hall–Kier alpha value is -1.85. The maximum Gasteiger partial charge on any atom is 0.243 e. The van der Waals surface area contributed by atoms with Gasteiger partial charge in [-0.25, -0.2) is 0 Å². The molecule has 2 fully saturated rings. The van der Waals surface area contributed by atoms with Gasteiger partial charge < -0.3 is 4.90 Å². The van der Waals surface area contributed by atoms with Gasteiger partial charge in [0.05, 0.1) is 16.4 Å². The zero-order valence-corrected chi connectivity index (χ0v) is 15.9. The number of rotatable bonds is 4. The highest BCUT2D eigenvalue weighted by Gasteiger charge is 2.50. The van der Waals surface area contributed by atoms with Crippen LogP contribution in [-0.2, 0) is 17.9 Å². The molecule has 0 radical (unpaired) electrons. The summed E-state index contributed by atoms with van der Waals surface area (Å²) in [6.07, 6.45) is 3.95. The van der Waals surface area contributed by atoms with Gasteiger partial charge in [-0.15, -0.1) is 0 Å². The standard InChI is InChI=1S/C20H25ClN4O/c1-15-18(21)17(23-22-15)14-25-12-6-10-20(25)9-5-11-24(19(20)26)13-16-7-3-2-4-8-16/h2-4,7-8H,5-6,9-14H2,1H3,(H,22,23). The summed E-state index contributed by atoms with van der Waals surface area (Å²) in [6, 6.07) is 10.3. The van der Waals surface area contributed by atoms with E-state index in [-0.39, 0.29) is 11.4 Å². The second-order valence-corrected chi connectivity index (χ2v) is 7.86. The van der Waals surface area contributed by atoms with E-state index in [0.717, 1.165) is 50.2 Å². The van der Waals surface area contributed by atoms with Crippen LogP contribution < -0.4 is 0 Å². The zero-order valence-electron chi connectivity index (χ0n) is 15.2. The number of carbonyl (C=O) groups excluding carboxylic acids is 1. The van der Waals surface area contributed by atoms with E-state index in [1.165, 1.54) is 5.56 Å². The molecule has 2 saturated heterocycles. The number of H-pyrrole nitrogens is 1. The average Bonchev–Trinajstić information content (AvgIpc) is 3.19. The van der Waals surface area contributed by atoms with Crippen LogP contribution >= 0.6 is 11.6 Å². The minimum Gasteiger partial charge on any atom is -0.337 e. The number of piperidine rings is 1. The van der Waals surface area contributed by atoms with E-state index in [4.69, 9.17) is 11.6 Å². The molecular formula is C20H25ClN4O. The fourth-order valence-electron chi connectivity index (χ4n) is 4.46. The molecule has 1 amide bonds. The molecule has 2 aromatic rings. The Bertz CT molecular complexity index is 790. The molecule has 0 aliphatic carbocycles. The molecule has 138 valence electrons. The fourth-order valence-corrected chi connectivity index (χ4v) is 4.61. The third-order valence-corrected chi connectivity index (χ3v) is 6.33. The monoisotopic (exact) mass is 372 g/mol. The lowest BCUT2D eigenvalue weighted by Gasteiger charge is -2.44. The zero-order chi connectivity index (χ0) is 18.1. The molecule has 1 N–H and O–H groups in total. The summed E-state index contributed by atoms with van der Waals surface area (Å²) < 4.78 is 0. The molecule has 1 aromatic heterocycles. The second-order valence-electron chi connectivity index (χ2n) is 7.48. The fraction of sp³-hybridized carbons (Fsp3) is 0.500. The molecule has 0 saturated carbocycles. The van der Waals surface area contributed by atoms with Crippen LogP contribution in [0.2, 0.25) is 5.02 Å². The highest BCUT2D eigenvalue weighted by molar-refractivity contribution is 6.31. The number of hydrogen-bond donors (Lipinski definition) is 1. The Morgan fingerprint density at radius 2 is 1.88 bits per heavy atom. The van der Waals surface area contributed by atoms with Gasteiger partial charge >= 0.3 is 0 Å². The minimum absolute atomic E-state index is 0.272. The number of aromatic nitrogens is 2. The van der Waals surface area contributed by atoms with Gasteiger partial charge in [-0.1, -0.05) is 41.9 Å². The van der Waals surface area contributed by atoms with Crippen molar-refractivity contribution in [2.75, 3.05) is 13.1 Å². The lowest BCUT2D eigenvalue weighted by Crippen LogP contribution is -2.59. The third-order valence-electron chi connectivity index (χ3n) is 5.83. The van der Waals surface area contributed by atoms with Gasteiger partial charge in [0.25, 0.3) is 0 Å². The molecule has 1 aromatic carbocycles. The number of aryl methyl sites for hydroxylation is 1. The summed E-state index contributed by atoms with van der Waals surface area (Å²) >= 11 is 6.37. The number of nitrogens with zero attached hydrogens (tertiary/aromatic N) is 3. The van der Waals surface area contributed by atoms with Crippen LogP contribution in [0.15, 0.2) is 30.3 Å². The van der Waals surface area contributed by atoms with Gasteiger partial charge in [-0.3, -0.25) is 14.8 Å². The van der Waals surface area contributed by atoms with Gasteiger partial charge in [0.1, 0.15) is 5.54 Å². The number of nitrogens with one attached hydrogen (secondary N) is 1. The number of halogens is 1. The molecule has 26 heavy (non-hydrogen) atoms. The molecule has 0 bridgehead atoms. The molecule has 3 heterocycles. The Morgan fingerprint density at radius 1 is 1.15 bits per heavy atom. The smallest absolute Gasteiger partial charge is 0.243 e. The van der Waals surface area contributed by atoms with E-state index < -0.39 is 0 Å². The van der Waals surface area contributed by atoms with E-state index in [9.17, 15) is 4.79 Å². The first-order valence-electron chi connectivity index (χ1n) is 9.38. The van der Waals surface area contributed by atoms with Crippen LogP contribution in [0.4, 0.5) is 0 Å². The first-order chi connectivity index (χ1) is 12.6. The topological polar surface area (TPSA) is 52.2 Å². The molecule has 2 aliphatic heterocycles. The first-order valence-corrected chi connectivity index (χ1v) is 9.76. The van der Waals surface area contributed by atoms with Crippen molar-refractivity contribution in [3.05, 3.63) is 52.3 Å². The van der Waals surface area contributed by atoms with Crippen LogP contribution in [0.25, 0.3) is 0 Å². The molecule has 1 spiro atoms. The Morgan fingerprint density at radius 3 is 2.58 bits per heavy atom. The number of amides is 1. The lowest BCUT2D eigenvalue weighted by molar-refractivity contribution is -0.148. The van der Waals surface area contributed by atoms with Gasteiger partial charge in [0, 0.05) is 19.6 Å². The van der Waals surface area contributed by atoms with Crippen molar-refractivity contribution >= 4 is 17.5 Å². The highest BCUT2D eigenvalue weighted by Crippen LogP contribution is 2.40. The molecule has 6 heteroatoms. The van der Waals surface area contributed by atoms with Crippen molar-refractivity contribution in [3.63, 3.8) is 0 Å². The van der Waals surface area contributed by atoms with Crippen LogP contribution in [0.1, 0.15) is 42.6 Å². The van der Waals surface area contributed by atoms with E-state index >= 15 is 0 Å². The number of aromatic amines is 1. The van der Waals surface area contributed by atoms with Crippen LogP contribution in [0, 0.1) is 6.92 Å². The molecule has 2 aliphatic rings. The van der Waals surface area contributed by atoms with Crippen molar-refractivity contribution in [1.29, 1.82) is 0 Å². The van der Waals surface area contributed by atoms with Crippen LogP contribution in [-0.4, -0.2) is 44.5 Å². The maximum atomic E-state index is 13.5. The SMILES string of the molecule is Cc1[nH]nc(CN2CCCC23CCCN(Cc2ccccc2)C3=O)c1Cl. The Balaban J connectivity index is 1.55. The summed E-state index contributed by atoms with van der Waals surface area (Å²) in [5, 5.41) is 7.99. The molecular weight excluding hydrogens is 348 g/mol. The second kappa shape index (κ2) is 7.05. The minimum atomic E-state index is -0.386. The summed E-state index contributed by atoms with van der Waals surface area (Å²) in [5.41, 5.74) is 2.53. The normalized spacial score (nSPS) is 23.9. The van der Waals surface area contributed by atoms with Crippen molar-refractivity contribution < 1.29 is 4.79 Å². The Labute approximate surface area is 159 Å². The van der Waals surface area contributed by atoms with E-state index in [1.807, 2.05) is 30.0 Å². The maximum absolute atomic E-state index is 13.5. The van der Waals surface area contributed by atoms with Crippen molar-refractivity contribution in [2.24, 2.45) is 0 Å². The van der Waals surface area contributed by atoms with E-state index in [2.05, 4.69) is 27.2 Å². The summed E-state index contributed by atoms with van der Waals surface area (Å²) in [6.45, 7) is 5.01. The summed E-state index contributed by atoms with van der Waals surface area (Å²) in [4.78, 5) is 17.8. The summed E-state index contributed by atoms with van der Waals surface area (Å²) in [5.74, 6) is 0.272. The third kappa shape index (κ3) is 3.03. The van der Waals surface area contributed by atoms with E-state index in [0.29, 0.717) is 18.1 Å². The Kier molecular flexibility index (Phi) is 4.76.